The van der Waals surface area contributed by atoms with Crippen molar-refractivity contribution in [2.45, 2.75) is 46.6 Å². The zero-order valence-corrected chi connectivity index (χ0v) is 19.9. The van der Waals surface area contributed by atoms with Crippen LogP contribution in [-0.2, 0) is 11.2 Å². The number of aryl methyl sites for hydroxylation is 1. The summed E-state index contributed by atoms with van der Waals surface area (Å²) in [4.78, 5) is 17.5. The zero-order valence-electron chi connectivity index (χ0n) is 19.9. The van der Waals surface area contributed by atoms with Crippen LogP contribution in [0.1, 0.15) is 39.7 Å². The second-order valence-corrected chi connectivity index (χ2v) is 7.22. The monoisotopic (exact) mass is 445 g/mol. The lowest BCUT2D eigenvalue weighted by Crippen LogP contribution is -2.52. The number of ether oxygens (including phenoxy) is 1. The molecular weight excluding hydrogens is 409 g/mol. The number of carbonyl (C=O) groups is 1. The van der Waals surface area contributed by atoms with Crippen LogP contribution >= 0.6 is 0 Å². The number of fused-ring (bicyclic) bond motifs is 1. The van der Waals surface area contributed by atoms with E-state index in [1.807, 2.05) is 39.0 Å². The van der Waals surface area contributed by atoms with Crippen molar-refractivity contribution < 1.29 is 19.0 Å². The normalized spacial score (nSPS) is 16.0. The van der Waals surface area contributed by atoms with Crippen molar-refractivity contribution >= 4 is 17.4 Å². The van der Waals surface area contributed by atoms with E-state index < -0.39 is 0 Å². The minimum atomic E-state index is -0.250. The molecule has 0 amide bonds. The molecule has 0 spiro atoms. The first-order valence-electron chi connectivity index (χ1n) is 11.1. The van der Waals surface area contributed by atoms with Crippen LogP contribution in [0.25, 0.3) is 10.9 Å². The second-order valence-electron chi connectivity index (χ2n) is 7.22. The van der Waals surface area contributed by atoms with Crippen molar-refractivity contribution in [1.82, 2.24) is 14.8 Å². The highest BCUT2D eigenvalue weighted by Crippen LogP contribution is 2.25. The Labute approximate surface area is 191 Å². The van der Waals surface area contributed by atoms with Crippen LogP contribution in [0.3, 0.4) is 0 Å². The summed E-state index contributed by atoms with van der Waals surface area (Å²) >= 11 is 0. The number of benzene rings is 1. The number of hydrogen-bond acceptors (Lipinski definition) is 5. The summed E-state index contributed by atoms with van der Waals surface area (Å²) in [6.07, 6.45) is 2.96. The van der Waals surface area contributed by atoms with E-state index in [0.717, 1.165) is 61.4 Å². The van der Waals surface area contributed by atoms with E-state index in [9.17, 15) is 4.39 Å². The van der Waals surface area contributed by atoms with E-state index in [1.165, 1.54) is 6.20 Å². The van der Waals surface area contributed by atoms with Crippen LogP contribution < -0.4 is 4.74 Å². The molecule has 176 valence electrons. The molecule has 1 N–H and O–H groups in total. The van der Waals surface area contributed by atoms with Gasteiger partial charge in [-0.25, -0.2) is 4.39 Å². The SMILES string of the molecule is CC.CC#CCN1CCN(CCCc2c(F)cnc3ccc(OC)cc23)C(C)C1.O=CO. The highest BCUT2D eigenvalue weighted by molar-refractivity contribution is 5.83. The zero-order chi connectivity index (χ0) is 23.9. The van der Waals surface area contributed by atoms with Gasteiger partial charge in [-0.3, -0.25) is 19.6 Å². The summed E-state index contributed by atoms with van der Waals surface area (Å²) in [6.45, 7) is 12.9. The Kier molecular flexibility index (Phi) is 13.0. The maximum atomic E-state index is 14.4. The van der Waals surface area contributed by atoms with Crippen LogP contribution in [0.5, 0.6) is 5.75 Å². The Hall–Kier alpha value is -2.69. The fourth-order valence-electron chi connectivity index (χ4n) is 3.78. The van der Waals surface area contributed by atoms with Crippen molar-refractivity contribution in [3.8, 4) is 17.6 Å². The Balaban J connectivity index is 0.000000944. The average molecular weight is 446 g/mol. The van der Waals surface area contributed by atoms with Gasteiger partial charge in [-0.1, -0.05) is 19.8 Å². The average Bonchev–Trinajstić information content (AvgIpc) is 2.81. The number of carboxylic acid groups (broad SMARTS) is 1. The second kappa shape index (κ2) is 15.2. The molecule has 0 radical (unpaired) electrons. The van der Waals surface area contributed by atoms with Gasteiger partial charge in [0.15, 0.2) is 0 Å². The third-order valence-corrected chi connectivity index (χ3v) is 5.33. The fraction of sp³-hybridized carbons (Fsp3) is 0.520. The predicted molar refractivity (Wildman–Crippen MR) is 128 cm³/mol. The Morgan fingerprint density at radius 1 is 1.34 bits per heavy atom. The number of piperazine rings is 1. The Morgan fingerprint density at radius 2 is 2.06 bits per heavy atom. The molecule has 3 rings (SSSR count). The number of aromatic nitrogens is 1. The molecule has 1 fully saturated rings. The Bertz CT molecular complexity index is 895. The van der Waals surface area contributed by atoms with Gasteiger partial charge < -0.3 is 9.84 Å². The van der Waals surface area contributed by atoms with Crippen molar-refractivity contribution in [2.24, 2.45) is 0 Å². The van der Waals surface area contributed by atoms with Gasteiger partial charge in [-0.2, -0.15) is 0 Å². The molecule has 32 heavy (non-hydrogen) atoms. The Morgan fingerprint density at radius 3 is 2.69 bits per heavy atom. The van der Waals surface area contributed by atoms with Gasteiger partial charge in [-0.15, -0.1) is 5.92 Å². The molecule has 1 aliphatic rings. The highest BCUT2D eigenvalue weighted by atomic mass is 19.1. The number of halogens is 1. The standard InChI is InChI=1S/C22H28FN3O.C2H6.CH2O2/c1-4-5-10-25-12-13-26(17(2)16-25)11-6-7-19-20-14-18(27-3)8-9-22(20)24-15-21(19)23;1-2;2-1-3/h8-9,14-15,17H,6-7,10-13,16H2,1-3H3;1-2H3;1H,(H,2,3). The molecule has 1 aliphatic heterocycles. The first-order chi connectivity index (χ1) is 15.5. The summed E-state index contributed by atoms with van der Waals surface area (Å²) < 4.78 is 19.7. The van der Waals surface area contributed by atoms with Crippen LogP contribution in [0.2, 0.25) is 0 Å². The minimum absolute atomic E-state index is 0.230. The molecule has 0 bridgehead atoms. The summed E-state index contributed by atoms with van der Waals surface area (Å²) in [5.41, 5.74) is 1.55. The van der Waals surface area contributed by atoms with E-state index in [4.69, 9.17) is 14.6 Å². The molecule has 1 saturated heterocycles. The van der Waals surface area contributed by atoms with Gasteiger partial charge >= 0.3 is 0 Å². The predicted octanol–water partition coefficient (Wildman–Crippen LogP) is 4.07. The third-order valence-electron chi connectivity index (χ3n) is 5.33. The lowest BCUT2D eigenvalue weighted by atomic mass is 10.0. The lowest BCUT2D eigenvalue weighted by Gasteiger charge is -2.39. The van der Waals surface area contributed by atoms with Crippen LogP contribution in [-0.4, -0.2) is 72.2 Å². The fourth-order valence-corrected chi connectivity index (χ4v) is 3.78. The van der Waals surface area contributed by atoms with Crippen LogP contribution in [0, 0.1) is 17.7 Å². The maximum Gasteiger partial charge on any atom is 0.290 e. The number of hydrogen-bond donors (Lipinski definition) is 1. The van der Waals surface area contributed by atoms with Crippen LogP contribution in [0.15, 0.2) is 24.4 Å². The number of methoxy groups -OCH3 is 1. The number of rotatable bonds is 6. The third kappa shape index (κ3) is 8.10. The quantitative estimate of drug-likeness (QED) is 0.534. The molecule has 1 aromatic carbocycles. The van der Waals surface area contributed by atoms with Crippen molar-refractivity contribution in [3.63, 3.8) is 0 Å². The lowest BCUT2D eigenvalue weighted by molar-refractivity contribution is -0.122. The number of pyridine rings is 1. The van der Waals surface area contributed by atoms with Crippen molar-refractivity contribution in [2.75, 3.05) is 39.8 Å². The number of nitrogens with zero attached hydrogens (tertiary/aromatic N) is 3. The van der Waals surface area contributed by atoms with E-state index in [-0.39, 0.29) is 12.3 Å². The molecular formula is C25H36FN3O3. The molecule has 6 nitrogen and oxygen atoms in total. The smallest absolute Gasteiger partial charge is 0.290 e. The molecule has 1 unspecified atom stereocenters. The largest absolute Gasteiger partial charge is 0.497 e. The van der Waals surface area contributed by atoms with E-state index in [2.05, 4.69) is 33.5 Å². The van der Waals surface area contributed by atoms with E-state index in [0.29, 0.717) is 12.5 Å². The van der Waals surface area contributed by atoms with Crippen LogP contribution in [0.4, 0.5) is 4.39 Å². The minimum Gasteiger partial charge on any atom is -0.497 e. The van der Waals surface area contributed by atoms with Gasteiger partial charge in [0.05, 0.1) is 25.4 Å². The first-order valence-corrected chi connectivity index (χ1v) is 11.1. The van der Waals surface area contributed by atoms with Gasteiger partial charge in [0.2, 0.25) is 0 Å². The summed E-state index contributed by atoms with van der Waals surface area (Å²) in [7, 11) is 1.63. The van der Waals surface area contributed by atoms with E-state index in [1.54, 1.807) is 7.11 Å². The van der Waals surface area contributed by atoms with Crippen molar-refractivity contribution in [1.29, 1.82) is 0 Å². The molecule has 7 heteroatoms. The van der Waals surface area contributed by atoms with E-state index >= 15 is 0 Å². The summed E-state index contributed by atoms with van der Waals surface area (Å²) in [5.74, 6) is 6.62. The van der Waals surface area contributed by atoms with Gasteiger partial charge in [0.1, 0.15) is 11.6 Å². The first kappa shape index (κ1) is 27.3. The molecule has 2 aromatic rings. The van der Waals surface area contributed by atoms with Crippen molar-refractivity contribution in [3.05, 3.63) is 35.8 Å². The molecule has 2 heterocycles. The molecule has 1 aromatic heterocycles. The molecule has 0 aliphatic carbocycles. The van der Waals surface area contributed by atoms with Gasteiger partial charge in [0, 0.05) is 31.1 Å². The molecule has 0 saturated carbocycles. The maximum absolute atomic E-state index is 14.4. The highest BCUT2D eigenvalue weighted by Gasteiger charge is 2.22. The topological polar surface area (TPSA) is 65.9 Å². The summed E-state index contributed by atoms with van der Waals surface area (Å²) in [5, 5.41) is 7.74. The van der Waals surface area contributed by atoms with Gasteiger partial charge in [-0.05, 0) is 57.0 Å². The molecule has 1 atom stereocenters. The van der Waals surface area contributed by atoms with Gasteiger partial charge in [0.25, 0.3) is 6.47 Å². The summed E-state index contributed by atoms with van der Waals surface area (Å²) in [6, 6.07) is 6.13.